The van der Waals surface area contributed by atoms with Gasteiger partial charge in [0.15, 0.2) is 5.78 Å². The topological polar surface area (TPSA) is 384 Å². The number of esters is 1. The minimum atomic E-state index is -1.72. The van der Waals surface area contributed by atoms with Crippen molar-refractivity contribution in [3.8, 4) is 0 Å². The third-order valence-corrected chi connectivity index (χ3v) is 15.0. The quantitative estimate of drug-likeness (QED) is 0.0401. The number of benzene rings is 1. The number of ether oxygens (including phenoxy) is 1. The van der Waals surface area contributed by atoms with E-state index in [0.29, 0.717) is 37.8 Å². The first-order chi connectivity index (χ1) is 38.2. The van der Waals surface area contributed by atoms with Gasteiger partial charge in [-0.25, -0.2) is 4.79 Å². The molecule has 0 aromatic heterocycles. The van der Waals surface area contributed by atoms with Gasteiger partial charge in [0.1, 0.15) is 54.4 Å². The van der Waals surface area contributed by atoms with E-state index in [1.165, 1.54) is 6.92 Å². The molecule has 0 aliphatic carbocycles. The predicted octanol–water partition coefficient (Wildman–Crippen LogP) is -1.23. The number of Topliss-reactive ketones (excluding diaryl/α,β-unsaturated/α-hetero) is 1. The number of carbonyl (C=O) groups is 11. The van der Waals surface area contributed by atoms with Gasteiger partial charge >= 0.3 is 5.97 Å². The second kappa shape index (κ2) is 35.0. The van der Waals surface area contributed by atoms with E-state index in [0.717, 1.165) is 5.56 Å². The lowest BCUT2D eigenvalue weighted by atomic mass is 9.94. The second-order valence-electron chi connectivity index (χ2n) is 21.2. The Hall–Kier alpha value is -6.99. The van der Waals surface area contributed by atoms with E-state index in [1.54, 1.807) is 62.4 Å². The van der Waals surface area contributed by atoms with Crippen molar-refractivity contribution in [1.82, 2.24) is 53.2 Å². The number of aliphatic hydroxyl groups excluding tert-OH is 2. The van der Waals surface area contributed by atoms with Crippen LogP contribution in [0, 0.1) is 29.6 Å². The summed E-state index contributed by atoms with van der Waals surface area (Å²) in [5.74, 6) is -11.6. The molecule has 0 spiro atoms. The molecule has 15 atom stereocenters. The highest BCUT2D eigenvalue weighted by atomic mass is 16.5. The zero-order chi connectivity index (χ0) is 61.3. The van der Waals surface area contributed by atoms with Gasteiger partial charge < -0.3 is 73.9 Å². The molecule has 81 heavy (non-hydrogen) atoms. The maximum Gasteiger partial charge on any atom is 0.329 e. The molecular weight excluding hydrogens is 1050 g/mol. The maximum absolute atomic E-state index is 14.3. The van der Waals surface area contributed by atoms with Crippen LogP contribution in [0.5, 0.6) is 0 Å². The van der Waals surface area contributed by atoms with Gasteiger partial charge in [-0.1, -0.05) is 125 Å². The van der Waals surface area contributed by atoms with Gasteiger partial charge in [-0.15, -0.1) is 0 Å². The SMILES string of the molecule is C=C1NCC(=O)N[C@@H]([C@@H](C)CC)C(=O)O[C@@H](C)[C@@H](NC(=O)[C@H](CO)NC(=O)[C@@H](NC(=O)[C@H](NC(=O)[C@@H](CCC(N)=O)NC(=O)[C@H](CO)NC(=O)[C@@H](NC(=O)[C@@H](Cc2ccccc2)NC)[C@@H](C)CC)[C@H](C)CC)[C@@H](C)CC)C(=O)C[C@H]1C. The number of nitrogens with two attached hydrogens (primary N) is 1. The van der Waals surface area contributed by atoms with Crippen LogP contribution in [0.25, 0.3) is 0 Å². The first-order valence-corrected chi connectivity index (χ1v) is 28.0. The molecule has 1 aliphatic heterocycles. The molecule has 454 valence electrons. The third kappa shape index (κ3) is 22.1. The Morgan fingerprint density at radius 3 is 1.59 bits per heavy atom. The highest BCUT2D eigenvalue weighted by molar-refractivity contribution is 5.98. The number of cyclic esters (lactones) is 1. The van der Waals surface area contributed by atoms with Crippen molar-refractivity contribution in [3.05, 3.63) is 48.2 Å². The van der Waals surface area contributed by atoms with Gasteiger partial charge in [-0.05, 0) is 56.0 Å². The van der Waals surface area contributed by atoms with Crippen molar-refractivity contribution in [2.24, 2.45) is 35.3 Å². The van der Waals surface area contributed by atoms with Crippen molar-refractivity contribution in [1.29, 1.82) is 0 Å². The summed E-state index contributed by atoms with van der Waals surface area (Å²) >= 11 is 0. The average Bonchev–Trinajstić information content (AvgIpc) is 3.45. The monoisotopic (exact) mass is 1140 g/mol. The number of ketones is 1. The molecule has 0 bridgehead atoms. The summed E-state index contributed by atoms with van der Waals surface area (Å²) in [4.78, 5) is 150. The van der Waals surface area contributed by atoms with E-state index in [1.807, 2.05) is 37.3 Å². The molecule has 9 amide bonds. The van der Waals surface area contributed by atoms with Gasteiger partial charge in [-0.3, -0.25) is 47.9 Å². The van der Waals surface area contributed by atoms with Gasteiger partial charge in [0.2, 0.25) is 53.2 Å². The van der Waals surface area contributed by atoms with Gasteiger partial charge in [-0.2, -0.15) is 0 Å². The van der Waals surface area contributed by atoms with Crippen LogP contribution in [0.1, 0.15) is 120 Å². The fraction of sp³-hybridized carbons (Fsp3) is 0.661. The largest absolute Gasteiger partial charge is 0.458 e. The summed E-state index contributed by atoms with van der Waals surface area (Å²) in [7, 11) is 1.60. The van der Waals surface area contributed by atoms with E-state index in [2.05, 4.69) is 59.7 Å². The molecule has 1 heterocycles. The zero-order valence-corrected chi connectivity index (χ0v) is 48.9. The van der Waals surface area contributed by atoms with Crippen molar-refractivity contribution in [2.75, 3.05) is 26.8 Å². The molecule has 14 N–H and O–H groups in total. The summed E-state index contributed by atoms with van der Waals surface area (Å²) < 4.78 is 5.69. The summed E-state index contributed by atoms with van der Waals surface area (Å²) in [6.07, 6.45) is -0.538. The maximum atomic E-state index is 14.3. The van der Waals surface area contributed by atoms with Crippen molar-refractivity contribution in [3.63, 3.8) is 0 Å². The summed E-state index contributed by atoms with van der Waals surface area (Å²) in [5, 5.41) is 47.3. The normalized spacial score (nSPS) is 21.1. The van der Waals surface area contributed by atoms with Gasteiger partial charge in [0.05, 0.1) is 25.8 Å². The molecule has 1 aromatic rings. The molecule has 1 fully saturated rings. The van der Waals surface area contributed by atoms with E-state index < -0.39 is 169 Å². The fourth-order valence-electron chi connectivity index (χ4n) is 8.62. The summed E-state index contributed by atoms with van der Waals surface area (Å²) in [6, 6.07) is -3.03. The number of amides is 9. The highest BCUT2D eigenvalue weighted by Gasteiger charge is 2.40. The lowest BCUT2D eigenvalue weighted by Crippen LogP contribution is -2.63. The number of nitrogens with one attached hydrogen (secondary N) is 10. The molecule has 0 radical (unpaired) electrons. The number of rotatable bonds is 30. The van der Waals surface area contributed by atoms with Crippen molar-refractivity contribution in [2.45, 2.75) is 181 Å². The number of primary amides is 1. The number of hydrogen-bond donors (Lipinski definition) is 13. The van der Waals surface area contributed by atoms with Crippen LogP contribution in [0.3, 0.4) is 0 Å². The Balaban J connectivity index is 2.37. The molecular formula is C56H91N11O14. The van der Waals surface area contributed by atoms with Gasteiger partial charge in [0, 0.05) is 24.5 Å². The minimum absolute atomic E-state index is 0.226. The Bertz CT molecular complexity index is 2320. The van der Waals surface area contributed by atoms with Crippen LogP contribution in [0.2, 0.25) is 0 Å². The number of aliphatic hydroxyl groups is 2. The molecule has 0 unspecified atom stereocenters. The van der Waals surface area contributed by atoms with Crippen LogP contribution in [0.4, 0.5) is 0 Å². The standard InChI is InChI=1S/C56H91N11O14/c1-13-29(5)44(65-50(74)38(58-12)25-36-20-18-17-19-21-36)53(77)61-39(27-68)51(75)60-37(22-23-42(57)71)49(73)64-46(31(7)15-3)55(79)66-45(30(6)14-2)54(78)62-40(28-69)52(76)67-48-35(11)81-56(80)47(32(8)16-4)63-43(72)26-59-34(10)33(9)24-41(48)70/h17-21,29-33,35,37-40,44-48,58-59,68-69H,10,13-16,22-28H2,1-9,11-12H3,(H2,57,71)(H,60,75)(H,61,77)(H,62,78)(H,63,72)(H,64,73)(H,65,74)(H,66,79)(H,67,76)/t29-,30-,31+,32-,33+,35-,37+,38+,39-,40-,44-,45-,46+,47-,48+/m0/s1. The smallest absolute Gasteiger partial charge is 0.329 e. The van der Waals surface area contributed by atoms with E-state index >= 15 is 0 Å². The molecule has 1 saturated heterocycles. The summed E-state index contributed by atoms with van der Waals surface area (Å²) in [6.45, 7) is 18.6. The van der Waals surface area contributed by atoms with Gasteiger partial charge in [0.25, 0.3) is 0 Å². The van der Waals surface area contributed by atoms with E-state index in [9.17, 15) is 63.0 Å². The number of carbonyl (C=O) groups excluding carboxylic acids is 11. The van der Waals surface area contributed by atoms with E-state index in [4.69, 9.17) is 10.5 Å². The lowest BCUT2D eigenvalue weighted by Gasteiger charge is -2.31. The Morgan fingerprint density at radius 2 is 1.12 bits per heavy atom. The van der Waals surface area contributed by atoms with Crippen LogP contribution in [0.15, 0.2) is 42.6 Å². The molecule has 1 aromatic carbocycles. The number of hydrogen-bond acceptors (Lipinski definition) is 16. The first-order valence-electron chi connectivity index (χ1n) is 28.0. The third-order valence-electron chi connectivity index (χ3n) is 15.0. The summed E-state index contributed by atoms with van der Waals surface area (Å²) in [5.41, 5.74) is 6.65. The van der Waals surface area contributed by atoms with Crippen LogP contribution >= 0.6 is 0 Å². The second-order valence-corrected chi connectivity index (χ2v) is 21.2. The Morgan fingerprint density at radius 1 is 0.667 bits per heavy atom. The van der Waals surface area contributed by atoms with Crippen LogP contribution < -0.4 is 58.9 Å². The molecule has 25 heteroatoms. The number of allylic oxidation sites excluding steroid dienone is 1. The number of likely N-dealkylation sites (N-methyl/N-ethyl adjacent to an activating group) is 1. The lowest BCUT2D eigenvalue weighted by molar-refractivity contribution is -0.157. The Labute approximate surface area is 475 Å². The van der Waals surface area contributed by atoms with E-state index in [-0.39, 0.29) is 25.3 Å². The fourth-order valence-corrected chi connectivity index (χ4v) is 8.62. The average molecular weight is 1140 g/mol. The van der Waals surface area contributed by atoms with Crippen LogP contribution in [-0.4, -0.2) is 162 Å². The Kier molecular flexibility index (Phi) is 30.3. The van der Waals surface area contributed by atoms with Crippen molar-refractivity contribution >= 4 is 64.9 Å². The van der Waals surface area contributed by atoms with Crippen molar-refractivity contribution < 1.29 is 67.7 Å². The molecule has 2 rings (SSSR count). The first kappa shape index (κ1) is 70.1. The highest BCUT2D eigenvalue weighted by Crippen LogP contribution is 2.19. The molecule has 1 aliphatic rings. The molecule has 25 nitrogen and oxygen atoms in total. The van der Waals surface area contributed by atoms with Crippen LogP contribution in [-0.2, 0) is 63.9 Å². The zero-order valence-electron chi connectivity index (χ0n) is 48.9. The minimum Gasteiger partial charge on any atom is -0.458 e. The molecule has 0 saturated carbocycles. The predicted molar refractivity (Wildman–Crippen MR) is 300 cm³/mol.